The Labute approximate surface area is 158 Å². The fraction of sp³-hybridized carbons (Fsp3) is 0.400. The number of ether oxygens (including phenoxy) is 1. The Balaban J connectivity index is 1.91. The van der Waals surface area contributed by atoms with Crippen molar-refractivity contribution in [3.63, 3.8) is 0 Å². The van der Waals surface area contributed by atoms with Crippen molar-refractivity contribution >= 4 is 23.2 Å². The van der Waals surface area contributed by atoms with E-state index < -0.39 is 6.04 Å². The van der Waals surface area contributed by atoms with Crippen LogP contribution in [0.25, 0.3) is 0 Å². The molecule has 0 aliphatic carbocycles. The molecule has 5 nitrogen and oxygen atoms in total. The third-order valence-electron chi connectivity index (χ3n) is 3.91. The summed E-state index contributed by atoms with van der Waals surface area (Å²) in [5, 5.41) is 7.78. The second kappa shape index (κ2) is 9.97. The molecule has 0 bridgehead atoms. The molecule has 0 radical (unpaired) electrons. The number of thiophene rings is 1. The number of benzene rings is 1. The van der Waals surface area contributed by atoms with Crippen LogP contribution in [0.3, 0.4) is 0 Å². The number of hydrogen-bond donors (Lipinski definition) is 2. The van der Waals surface area contributed by atoms with Gasteiger partial charge in [0.1, 0.15) is 11.8 Å². The maximum Gasteiger partial charge on any atom is 0.251 e. The Kier molecular flexibility index (Phi) is 7.66. The number of amides is 2. The lowest BCUT2D eigenvalue weighted by Crippen LogP contribution is -2.50. The lowest BCUT2D eigenvalue weighted by molar-refractivity contribution is -0.123. The van der Waals surface area contributed by atoms with E-state index in [4.69, 9.17) is 4.74 Å². The minimum Gasteiger partial charge on any atom is -0.494 e. The van der Waals surface area contributed by atoms with Gasteiger partial charge in [-0.25, -0.2) is 0 Å². The average molecular weight is 375 g/mol. The Hall–Kier alpha value is -2.34. The second-order valence-electron chi connectivity index (χ2n) is 6.27. The van der Waals surface area contributed by atoms with E-state index in [1.165, 1.54) is 4.88 Å². The minimum absolute atomic E-state index is 0.0108. The van der Waals surface area contributed by atoms with Crippen LogP contribution in [0.4, 0.5) is 0 Å². The van der Waals surface area contributed by atoms with Crippen LogP contribution in [-0.4, -0.2) is 31.0 Å². The largest absolute Gasteiger partial charge is 0.494 e. The fourth-order valence-electron chi connectivity index (χ4n) is 2.50. The molecule has 2 amide bonds. The average Bonchev–Trinajstić information content (AvgIpc) is 3.13. The van der Waals surface area contributed by atoms with Crippen molar-refractivity contribution in [2.75, 3.05) is 13.2 Å². The zero-order chi connectivity index (χ0) is 18.9. The molecule has 2 aromatic rings. The van der Waals surface area contributed by atoms with Gasteiger partial charge in [-0.05, 0) is 55.0 Å². The first-order valence-electron chi connectivity index (χ1n) is 8.85. The third-order valence-corrected chi connectivity index (χ3v) is 4.85. The van der Waals surface area contributed by atoms with Crippen LogP contribution in [0.5, 0.6) is 5.75 Å². The highest BCUT2D eigenvalue weighted by atomic mass is 32.1. The Morgan fingerprint density at radius 2 is 1.88 bits per heavy atom. The maximum absolute atomic E-state index is 12.5. The Morgan fingerprint density at radius 1 is 1.15 bits per heavy atom. The van der Waals surface area contributed by atoms with Gasteiger partial charge in [0.2, 0.25) is 5.91 Å². The first kappa shape index (κ1) is 20.0. The minimum atomic E-state index is -0.572. The number of rotatable bonds is 9. The normalized spacial score (nSPS) is 11.8. The molecule has 6 heteroatoms. The number of carbonyl (C=O) groups excluding carboxylic acids is 2. The van der Waals surface area contributed by atoms with Crippen LogP contribution in [0.2, 0.25) is 0 Å². The summed E-state index contributed by atoms with van der Waals surface area (Å²) >= 11 is 1.67. The van der Waals surface area contributed by atoms with Gasteiger partial charge in [-0.15, -0.1) is 11.3 Å². The molecule has 0 aliphatic rings. The van der Waals surface area contributed by atoms with Crippen molar-refractivity contribution in [1.29, 1.82) is 0 Å². The number of hydrogen-bond acceptors (Lipinski definition) is 4. The van der Waals surface area contributed by atoms with Crippen LogP contribution in [0.15, 0.2) is 41.8 Å². The topological polar surface area (TPSA) is 67.4 Å². The van der Waals surface area contributed by atoms with Crippen LogP contribution in [-0.2, 0) is 11.2 Å². The second-order valence-corrected chi connectivity index (χ2v) is 7.31. The molecule has 0 saturated carbocycles. The molecule has 140 valence electrons. The molecule has 1 aromatic heterocycles. The van der Waals surface area contributed by atoms with Crippen LogP contribution in [0.1, 0.15) is 36.0 Å². The quantitative estimate of drug-likeness (QED) is 0.708. The molecule has 26 heavy (non-hydrogen) atoms. The van der Waals surface area contributed by atoms with E-state index >= 15 is 0 Å². The van der Waals surface area contributed by atoms with Gasteiger partial charge in [0, 0.05) is 17.0 Å². The van der Waals surface area contributed by atoms with Gasteiger partial charge < -0.3 is 15.4 Å². The summed E-state index contributed by atoms with van der Waals surface area (Å²) < 4.78 is 5.38. The van der Waals surface area contributed by atoms with Crippen LogP contribution < -0.4 is 15.4 Å². The molecule has 1 atom stereocenters. The molecule has 0 unspecified atom stereocenters. The highest BCUT2D eigenvalue weighted by Gasteiger charge is 2.24. The van der Waals surface area contributed by atoms with Crippen LogP contribution >= 0.6 is 11.3 Å². The standard InChI is InChI=1S/C20H26N2O3S/c1-4-25-16-9-7-15(8-10-16)19(23)22-18(14(2)3)20(24)21-12-11-17-6-5-13-26-17/h5-10,13-14,18H,4,11-12H2,1-3H3,(H,21,24)(H,22,23)/t18-/m1/s1. The third kappa shape index (κ3) is 5.88. The SMILES string of the molecule is CCOc1ccc(C(=O)N[C@@H](C(=O)NCCc2cccs2)C(C)C)cc1. The summed E-state index contributed by atoms with van der Waals surface area (Å²) in [6.07, 6.45) is 0.793. The van der Waals surface area contributed by atoms with Crippen molar-refractivity contribution in [3.05, 3.63) is 52.2 Å². The van der Waals surface area contributed by atoms with Gasteiger partial charge in [-0.3, -0.25) is 9.59 Å². The molecule has 0 saturated heterocycles. The summed E-state index contributed by atoms with van der Waals surface area (Å²) in [4.78, 5) is 26.2. The summed E-state index contributed by atoms with van der Waals surface area (Å²) in [7, 11) is 0. The molecular weight excluding hydrogens is 348 g/mol. The number of carbonyl (C=O) groups is 2. The molecule has 1 heterocycles. The molecule has 0 fully saturated rings. The van der Waals surface area contributed by atoms with Gasteiger partial charge >= 0.3 is 0 Å². The van der Waals surface area contributed by atoms with Gasteiger partial charge in [0.05, 0.1) is 6.61 Å². The van der Waals surface area contributed by atoms with Crippen molar-refractivity contribution in [1.82, 2.24) is 10.6 Å². The number of nitrogens with one attached hydrogen (secondary N) is 2. The predicted molar refractivity (Wildman–Crippen MR) is 105 cm³/mol. The molecule has 2 rings (SSSR count). The molecule has 0 spiro atoms. The van der Waals surface area contributed by atoms with Gasteiger partial charge in [0.25, 0.3) is 5.91 Å². The van der Waals surface area contributed by atoms with Crippen molar-refractivity contribution < 1.29 is 14.3 Å². The Morgan fingerprint density at radius 3 is 2.46 bits per heavy atom. The van der Waals surface area contributed by atoms with Gasteiger partial charge in [-0.1, -0.05) is 19.9 Å². The molecular formula is C20H26N2O3S. The van der Waals surface area contributed by atoms with Gasteiger partial charge in [0.15, 0.2) is 0 Å². The molecule has 2 N–H and O–H groups in total. The first-order valence-corrected chi connectivity index (χ1v) is 9.73. The Bertz CT molecular complexity index is 696. The van der Waals surface area contributed by atoms with E-state index in [1.54, 1.807) is 35.6 Å². The summed E-state index contributed by atoms with van der Waals surface area (Å²) in [5.74, 6) is 0.287. The van der Waals surface area contributed by atoms with E-state index in [0.29, 0.717) is 18.7 Å². The molecule has 0 aliphatic heterocycles. The highest BCUT2D eigenvalue weighted by molar-refractivity contribution is 7.09. The zero-order valence-electron chi connectivity index (χ0n) is 15.5. The van der Waals surface area contributed by atoms with Gasteiger partial charge in [-0.2, -0.15) is 0 Å². The summed E-state index contributed by atoms with van der Waals surface area (Å²) in [5.41, 5.74) is 0.505. The zero-order valence-corrected chi connectivity index (χ0v) is 16.3. The maximum atomic E-state index is 12.5. The lowest BCUT2D eigenvalue weighted by atomic mass is 10.0. The lowest BCUT2D eigenvalue weighted by Gasteiger charge is -2.21. The highest BCUT2D eigenvalue weighted by Crippen LogP contribution is 2.13. The van der Waals surface area contributed by atoms with E-state index in [9.17, 15) is 9.59 Å². The smallest absolute Gasteiger partial charge is 0.251 e. The first-order chi connectivity index (χ1) is 12.5. The molecule has 1 aromatic carbocycles. The van der Waals surface area contributed by atoms with E-state index in [2.05, 4.69) is 10.6 Å². The summed E-state index contributed by atoms with van der Waals surface area (Å²) in [6, 6.07) is 10.4. The van der Waals surface area contributed by atoms with E-state index in [-0.39, 0.29) is 17.7 Å². The van der Waals surface area contributed by atoms with Crippen molar-refractivity contribution in [3.8, 4) is 5.75 Å². The van der Waals surface area contributed by atoms with Crippen molar-refractivity contribution in [2.24, 2.45) is 5.92 Å². The monoisotopic (exact) mass is 374 g/mol. The van der Waals surface area contributed by atoms with Crippen LogP contribution in [0, 0.1) is 5.92 Å². The van der Waals surface area contributed by atoms with Crippen molar-refractivity contribution in [2.45, 2.75) is 33.2 Å². The van der Waals surface area contributed by atoms with E-state index in [0.717, 1.165) is 12.2 Å². The van der Waals surface area contributed by atoms with E-state index in [1.807, 2.05) is 38.3 Å². The predicted octanol–water partition coefficient (Wildman–Crippen LogP) is 3.26. The summed E-state index contributed by atoms with van der Waals surface area (Å²) in [6.45, 7) is 6.88. The fourth-order valence-corrected chi connectivity index (χ4v) is 3.21.